The Balaban J connectivity index is 2.36. The van der Waals surface area contributed by atoms with E-state index in [1.165, 1.54) is 4.57 Å². The molecule has 1 aromatic carbocycles. The Morgan fingerprint density at radius 2 is 1.60 bits per heavy atom. The number of ketones is 1. The van der Waals surface area contributed by atoms with E-state index in [1.54, 1.807) is 12.3 Å². The molecule has 0 saturated carbocycles. The second-order valence-electron chi connectivity index (χ2n) is 5.37. The van der Waals surface area contributed by atoms with Crippen LogP contribution >= 0.6 is 0 Å². The van der Waals surface area contributed by atoms with Gasteiger partial charge in [0.05, 0.1) is 6.54 Å². The van der Waals surface area contributed by atoms with Gasteiger partial charge in [0.1, 0.15) is 0 Å². The molecule has 1 aromatic heterocycles. The Morgan fingerprint density at radius 3 is 2.15 bits per heavy atom. The molecule has 0 bridgehead atoms. The van der Waals surface area contributed by atoms with Gasteiger partial charge in [-0.25, -0.2) is 0 Å². The quantitative estimate of drug-likeness (QED) is 0.804. The Labute approximate surface area is 118 Å². The summed E-state index contributed by atoms with van der Waals surface area (Å²) in [6, 6.07) is 7.38. The summed E-state index contributed by atoms with van der Waals surface area (Å²) < 4.78 is 1.45. The Kier molecular flexibility index (Phi) is 3.89. The summed E-state index contributed by atoms with van der Waals surface area (Å²) in [6.07, 6.45) is 1.68. The number of hydrogen-bond donors (Lipinski definition) is 0. The number of benzene rings is 1. The predicted molar refractivity (Wildman–Crippen MR) is 80.4 cm³/mol. The van der Waals surface area contributed by atoms with E-state index in [0.717, 1.165) is 27.8 Å². The lowest BCUT2D eigenvalue weighted by Gasteiger charge is -2.11. The van der Waals surface area contributed by atoms with Crippen LogP contribution in [0.1, 0.15) is 32.6 Å². The van der Waals surface area contributed by atoms with E-state index in [1.807, 2.05) is 45.9 Å². The molecule has 0 N–H and O–H groups in total. The third-order valence-corrected chi connectivity index (χ3v) is 3.42. The SMILES string of the molecule is Cc1cc(C)c(C(=O)Cn2ccc(C)cc2=O)c(C)c1. The van der Waals surface area contributed by atoms with Crippen LogP contribution in [-0.4, -0.2) is 10.4 Å². The summed E-state index contributed by atoms with van der Waals surface area (Å²) in [4.78, 5) is 24.3. The van der Waals surface area contributed by atoms with E-state index in [-0.39, 0.29) is 17.9 Å². The summed E-state index contributed by atoms with van der Waals surface area (Å²) in [5.41, 5.74) is 4.56. The maximum atomic E-state index is 12.4. The first-order chi connectivity index (χ1) is 9.38. The molecule has 3 heteroatoms. The van der Waals surface area contributed by atoms with Crippen LogP contribution in [0.2, 0.25) is 0 Å². The molecule has 1 heterocycles. The fourth-order valence-corrected chi connectivity index (χ4v) is 2.59. The van der Waals surface area contributed by atoms with Crippen molar-refractivity contribution < 1.29 is 4.79 Å². The van der Waals surface area contributed by atoms with Gasteiger partial charge in [0.15, 0.2) is 5.78 Å². The van der Waals surface area contributed by atoms with Gasteiger partial charge in [-0.1, -0.05) is 17.7 Å². The van der Waals surface area contributed by atoms with Crippen molar-refractivity contribution in [1.82, 2.24) is 4.57 Å². The minimum atomic E-state index is -0.138. The molecule has 20 heavy (non-hydrogen) atoms. The third-order valence-electron chi connectivity index (χ3n) is 3.42. The van der Waals surface area contributed by atoms with E-state index in [0.29, 0.717) is 0 Å². The maximum absolute atomic E-state index is 12.4. The van der Waals surface area contributed by atoms with Crippen molar-refractivity contribution in [2.45, 2.75) is 34.2 Å². The molecule has 0 spiro atoms. The molecule has 0 amide bonds. The van der Waals surface area contributed by atoms with Gasteiger partial charge in [0.25, 0.3) is 5.56 Å². The first-order valence-corrected chi connectivity index (χ1v) is 6.66. The number of aromatic nitrogens is 1. The second-order valence-corrected chi connectivity index (χ2v) is 5.37. The highest BCUT2D eigenvalue weighted by Gasteiger charge is 2.13. The van der Waals surface area contributed by atoms with Gasteiger partial charge in [-0.15, -0.1) is 0 Å². The summed E-state index contributed by atoms with van der Waals surface area (Å²) in [6.45, 7) is 7.83. The number of rotatable bonds is 3. The molecule has 0 fully saturated rings. The van der Waals surface area contributed by atoms with Crippen molar-refractivity contribution in [3.05, 3.63) is 68.6 Å². The van der Waals surface area contributed by atoms with Gasteiger partial charge < -0.3 is 4.57 Å². The molecule has 0 radical (unpaired) electrons. The van der Waals surface area contributed by atoms with Gasteiger partial charge in [0, 0.05) is 17.8 Å². The lowest BCUT2D eigenvalue weighted by atomic mass is 9.96. The minimum absolute atomic E-state index is 0.0223. The molecule has 0 aliphatic carbocycles. The van der Waals surface area contributed by atoms with E-state index < -0.39 is 0 Å². The zero-order valence-corrected chi connectivity index (χ0v) is 12.4. The summed E-state index contributed by atoms with van der Waals surface area (Å²) in [5.74, 6) is -0.0223. The highest BCUT2D eigenvalue weighted by molar-refractivity contribution is 5.98. The third kappa shape index (κ3) is 2.87. The zero-order chi connectivity index (χ0) is 14.9. The topological polar surface area (TPSA) is 39.1 Å². The van der Waals surface area contributed by atoms with Crippen LogP contribution in [0.15, 0.2) is 35.3 Å². The first-order valence-electron chi connectivity index (χ1n) is 6.66. The number of pyridine rings is 1. The van der Waals surface area contributed by atoms with Crippen LogP contribution in [0.25, 0.3) is 0 Å². The molecule has 0 saturated heterocycles. The average molecular weight is 269 g/mol. The monoisotopic (exact) mass is 269 g/mol. The van der Waals surface area contributed by atoms with Crippen molar-refractivity contribution in [2.75, 3.05) is 0 Å². The minimum Gasteiger partial charge on any atom is -0.308 e. The fraction of sp³-hybridized carbons (Fsp3) is 0.294. The zero-order valence-electron chi connectivity index (χ0n) is 12.4. The molecule has 0 atom stereocenters. The standard InChI is InChI=1S/C17H19NO2/c1-11-5-6-18(16(20)9-11)10-15(19)17-13(3)7-12(2)8-14(17)4/h5-9H,10H2,1-4H3. The number of carbonyl (C=O) groups is 1. The van der Waals surface area contributed by atoms with E-state index in [4.69, 9.17) is 0 Å². The maximum Gasteiger partial charge on any atom is 0.251 e. The van der Waals surface area contributed by atoms with Crippen LogP contribution in [0, 0.1) is 27.7 Å². The lowest BCUT2D eigenvalue weighted by Crippen LogP contribution is -2.24. The smallest absolute Gasteiger partial charge is 0.251 e. The van der Waals surface area contributed by atoms with E-state index >= 15 is 0 Å². The van der Waals surface area contributed by atoms with Crippen LogP contribution in [0.5, 0.6) is 0 Å². The largest absolute Gasteiger partial charge is 0.308 e. The van der Waals surface area contributed by atoms with Gasteiger partial charge in [-0.2, -0.15) is 0 Å². The number of aryl methyl sites for hydroxylation is 4. The van der Waals surface area contributed by atoms with Gasteiger partial charge in [-0.05, 0) is 50.5 Å². The van der Waals surface area contributed by atoms with Crippen molar-refractivity contribution >= 4 is 5.78 Å². The molecule has 0 unspecified atom stereocenters. The molecule has 104 valence electrons. The number of Topliss-reactive ketones (excluding diaryl/α,β-unsaturated/α-hetero) is 1. The molecule has 0 aliphatic rings. The van der Waals surface area contributed by atoms with Gasteiger partial charge in [0.2, 0.25) is 0 Å². The highest BCUT2D eigenvalue weighted by Crippen LogP contribution is 2.17. The van der Waals surface area contributed by atoms with Crippen LogP contribution < -0.4 is 5.56 Å². The highest BCUT2D eigenvalue weighted by atomic mass is 16.1. The Hall–Kier alpha value is -2.16. The van der Waals surface area contributed by atoms with Crippen molar-refractivity contribution in [2.24, 2.45) is 0 Å². The molecular formula is C17H19NO2. The number of nitrogens with zero attached hydrogens (tertiary/aromatic N) is 1. The second kappa shape index (κ2) is 5.45. The van der Waals surface area contributed by atoms with Crippen molar-refractivity contribution in [1.29, 1.82) is 0 Å². The van der Waals surface area contributed by atoms with Crippen LogP contribution in [-0.2, 0) is 6.54 Å². The molecule has 2 aromatic rings. The van der Waals surface area contributed by atoms with Crippen LogP contribution in [0.3, 0.4) is 0 Å². The molecule has 3 nitrogen and oxygen atoms in total. The lowest BCUT2D eigenvalue weighted by molar-refractivity contribution is 0.0969. The van der Waals surface area contributed by atoms with E-state index in [2.05, 4.69) is 0 Å². The van der Waals surface area contributed by atoms with Crippen molar-refractivity contribution in [3.8, 4) is 0 Å². The normalized spacial score (nSPS) is 10.6. The van der Waals surface area contributed by atoms with Crippen molar-refractivity contribution in [3.63, 3.8) is 0 Å². The Morgan fingerprint density at radius 1 is 1.00 bits per heavy atom. The summed E-state index contributed by atoms with van der Waals surface area (Å²) in [5, 5.41) is 0. The van der Waals surface area contributed by atoms with Gasteiger partial charge in [-0.3, -0.25) is 9.59 Å². The Bertz CT molecular complexity index is 703. The summed E-state index contributed by atoms with van der Waals surface area (Å²) in [7, 11) is 0. The number of hydrogen-bond acceptors (Lipinski definition) is 2. The van der Waals surface area contributed by atoms with Gasteiger partial charge >= 0.3 is 0 Å². The van der Waals surface area contributed by atoms with E-state index in [9.17, 15) is 9.59 Å². The fourth-order valence-electron chi connectivity index (χ4n) is 2.59. The molecule has 2 rings (SSSR count). The molecular weight excluding hydrogens is 250 g/mol. The first kappa shape index (κ1) is 14.3. The summed E-state index contributed by atoms with van der Waals surface area (Å²) >= 11 is 0. The molecule has 0 aliphatic heterocycles. The predicted octanol–water partition coefficient (Wildman–Crippen LogP) is 2.96. The number of carbonyl (C=O) groups excluding carboxylic acids is 1. The van der Waals surface area contributed by atoms with Crippen LogP contribution in [0.4, 0.5) is 0 Å². The average Bonchev–Trinajstić information content (AvgIpc) is 2.31.